The summed E-state index contributed by atoms with van der Waals surface area (Å²) in [5.41, 5.74) is 0.445. The van der Waals surface area contributed by atoms with Gasteiger partial charge in [0.1, 0.15) is 0 Å². The molecule has 1 saturated heterocycles. The number of halogens is 2. The highest BCUT2D eigenvalue weighted by atomic mass is 19.2. The summed E-state index contributed by atoms with van der Waals surface area (Å²) >= 11 is 0. The third-order valence-electron chi connectivity index (χ3n) is 4.03. The topological polar surface area (TPSA) is 46.6 Å². The van der Waals surface area contributed by atoms with Crippen molar-refractivity contribution in [1.82, 2.24) is 4.90 Å². The standard InChI is InChI=1S/C18H23F2NO3/c1-12(2)24-18(23)10-14-4-3-7-21(11-14)17(22)9-13-5-6-15(19)16(20)8-13/h5-6,8,12,14H,3-4,7,9-11H2,1-2H3. The van der Waals surface area contributed by atoms with Crippen molar-refractivity contribution in [1.29, 1.82) is 0 Å². The molecule has 0 N–H and O–H groups in total. The first-order chi connectivity index (χ1) is 11.3. The Balaban J connectivity index is 1.89. The third kappa shape index (κ3) is 5.28. The number of ether oxygens (including phenoxy) is 1. The summed E-state index contributed by atoms with van der Waals surface area (Å²) in [5, 5.41) is 0. The second-order valence-electron chi connectivity index (χ2n) is 6.52. The Hall–Kier alpha value is -1.98. The molecule has 1 amide bonds. The van der Waals surface area contributed by atoms with Gasteiger partial charge < -0.3 is 9.64 Å². The third-order valence-corrected chi connectivity index (χ3v) is 4.03. The smallest absolute Gasteiger partial charge is 0.306 e. The Kier molecular flexibility index (Phi) is 6.29. The Bertz CT molecular complexity index is 604. The number of piperidine rings is 1. The zero-order valence-corrected chi connectivity index (χ0v) is 14.1. The van der Waals surface area contributed by atoms with Crippen molar-refractivity contribution in [3.63, 3.8) is 0 Å². The fourth-order valence-corrected chi connectivity index (χ4v) is 2.94. The van der Waals surface area contributed by atoms with Crippen LogP contribution in [0.5, 0.6) is 0 Å². The van der Waals surface area contributed by atoms with E-state index in [-0.39, 0.29) is 30.3 Å². The highest BCUT2D eigenvalue weighted by molar-refractivity contribution is 5.79. The number of nitrogens with zero attached hydrogens (tertiary/aromatic N) is 1. The lowest BCUT2D eigenvalue weighted by Crippen LogP contribution is -2.41. The van der Waals surface area contributed by atoms with Crippen LogP contribution in [-0.4, -0.2) is 36.0 Å². The lowest BCUT2D eigenvalue weighted by atomic mass is 9.94. The van der Waals surface area contributed by atoms with Gasteiger partial charge in [-0.1, -0.05) is 6.07 Å². The van der Waals surface area contributed by atoms with Crippen LogP contribution in [0.25, 0.3) is 0 Å². The minimum Gasteiger partial charge on any atom is -0.463 e. The van der Waals surface area contributed by atoms with Crippen molar-refractivity contribution in [3.8, 4) is 0 Å². The van der Waals surface area contributed by atoms with E-state index >= 15 is 0 Å². The van der Waals surface area contributed by atoms with Crippen LogP contribution in [0.2, 0.25) is 0 Å². The molecule has 1 atom stereocenters. The molecule has 0 aromatic heterocycles. The van der Waals surface area contributed by atoms with E-state index < -0.39 is 11.6 Å². The van der Waals surface area contributed by atoms with E-state index in [0.29, 0.717) is 25.1 Å². The molecule has 1 aliphatic rings. The Morgan fingerprint density at radius 1 is 1.29 bits per heavy atom. The number of rotatable bonds is 5. The molecule has 1 fully saturated rings. The van der Waals surface area contributed by atoms with Crippen LogP contribution in [0.1, 0.15) is 38.7 Å². The molecule has 0 saturated carbocycles. The number of amides is 1. The first-order valence-corrected chi connectivity index (χ1v) is 8.26. The van der Waals surface area contributed by atoms with Crippen LogP contribution >= 0.6 is 0 Å². The maximum Gasteiger partial charge on any atom is 0.306 e. The van der Waals surface area contributed by atoms with Gasteiger partial charge in [0.25, 0.3) is 0 Å². The highest BCUT2D eigenvalue weighted by Gasteiger charge is 2.26. The van der Waals surface area contributed by atoms with Crippen LogP contribution in [0.4, 0.5) is 8.78 Å². The number of esters is 1. The van der Waals surface area contributed by atoms with Gasteiger partial charge in [-0.3, -0.25) is 9.59 Å². The molecule has 1 aromatic carbocycles. The lowest BCUT2D eigenvalue weighted by molar-refractivity contribution is -0.149. The van der Waals surface area contributed by atoms with Gasteiger partial charge in [0, 0.05) is 13.1 Å². The number of likely N-dealkylation sites (tertiary alicyclic amines) is 1. The van der Waals surface area contributed by atoms with Crippen LogP contribution in [0.15, 0.2) is 18.2 Å². The monoisotopic (exact) mass is 339 g/mol. The van der Waals surface area contributed by atoms with E-state index in [1.165, 1.54) is 6.07 Å². The van der Waals surface area contributed by atoms with Gasteiger partial charge in [-0.15, -0.1) is 0 Å². The number of carbonyl (C=O) groups is 2. The maximum absolute atomic E-state index is 13.2. The van der Waals surface area contributed by atoms with Crippen molar-refractivity contribution >= 4 is 11.9 Å². The fourth-order valence-electron chi connectivity index (χ4n) is 2.94. The summed E-state index contributed by atoms with van der Waals surface area (Å²) in [6.45, 7) is 4.72. The summed E-state index contributed by atoms with van der Waals surface area (Å²) < 4.78 is 31.3. The fraction of sp³-hybridized carbons (Fsp3) is 0.556. The molecule has 1 unspecified atom stereocenters. The van der Waals surface area contributed by atoms with Gasteiger partial charge in [0.2, 0.25) is 5.91 Å². The maximum atomic E-state index is 13.2. The molecule has 0 aliphatic carbocycles. The average molecular weight is 339 g/mol. The van der Waals surface area contributed by atoms with E-state index in [2.05, 4.69) is 0 Å². The largest absolute Gasteiger partial charge is 0.463 e. The molecule has 0 bridgehead atoms. The van der Waals surface area contributed by atoms with E-state index in [0.717, 1.165) is 25.0 Å². The Morgan fingerprint density at radius 2 is 2.04 bits per heavy atom. The number of carbonyl (C=O) groups excluding carboxylic acids is 2. The predicted octanol–water partition coefficient (Wildman–Crippen LogP) is 3.09. The van der Waals surface area contributed by atoms with Crippen molar-refractivity contribution in [2.75, 3.05) is 13.1 Å². The van der Waals surface area contributed by atoms with Crippen molar-refractivity contribution in [2.45, 2.75) is 45.6 Å². The zero-order valence-electron chi connectivity index (χ0n) is 14.1. The minimum atomic E-state index is -0.951. The highest BCUT2D eigenvalue weighted by Crippen LogP contribution is 2.21. The molecule has 1 heterocycles. The summed E-state index contributed by atoms with van der Waals surface area (Å²) in [5.74, 6) is -2.17. The normalized spacial score (nSPS) is 17.9. The van der Waals surface area contributed by atoms with E-state index in [9.17, 15) is 18.4 Å². The van der Waals surface area contributed by atoms with Crippen LogP contribution in [0.3, 0.4) is 0 Å². The van der Waals surface area contributed by atoms with Gasteiger partial charge in [0.05, 0.1) is 18.9 Å². The van der Waals surface area contributed by atoms with Gasteiger partial charge in [0.15, 0.2) is 11.6 Å². The number of hydrogen-bond donors (Lipinski definition) is 0. The molecule has 24 heavy (non-hydrogen) atoms. The van der Waals surface area contributed by atoms with Crippen molar-refractivity contribution in [3.05, 3.63) is 35.4 Å². The summed E-state index contributed by atoms with van der Waals surface area (Å²) in [7, 11) is 0. The number of benzene rings is 1. The zero-order chi connectivity index (χ0) is 17.7. The van der Waals surface area contributed by atoms with E-state index in [1.54, 1.807) is 18.7 Å². The van der Waals surface area contributed by atoms with Crippen molar-refractivity contribution < 1.29 is 23.1 Å². The molecule has 6 heteroatoms. The molecule has 132 valence electrons. The minimum absolute atomic E-state index is 0.0281. The molecule has 0 radical (unpaired) electrons. The Morgan fingerprint density at radius 3 is 2.71 bits per heavy atom. The lowest BCUT2D eigenvalue weighted by Gasteiger charge is -2.32. The first kappa shape index (κ1) is 18.4. The molecule has 1 aromatic rings. The van der Waals surface area contributed by atoms with Gasteiger partial charge >= 0.3 is 5.97 Å². The van der Waals surface area contributed by atoms with Gasteiger partial charge in [-0.05, 0) is 50.3 Å². The summed E-state index contributed by atoms with van der Waals surface area (Å²) in [4.78, 5) is 25.8. The quantitative estimate of drug-likeness (QED) is 0.775. The summed E-state index contributed by atoms with van der Waals surface area (Å²) in [6, 6.07) is 3.49. The van der Waals surface area contributed by atoms with E-state index in [4.69, 9.17) is 4.74 Å². The van der Waals surface area contributed by atoms with Crippen LogP contribution < -0.4 is 0 Å². The van der Waals surface area contributed by atoms with Crippen LogP contribution in [0, 0.1) is 17.6 Å². The van der Waals surface area contributed by atoms with Gasteiger partial charge in [-0.2, -0.15) is 0 Å². The number of hydrogen-bond acceptors (Lipinski definition) is 3. The van der Waals surface area contributed by atoms with Crippen LogP contribution in [-0.2, 0) is 20.7 Å². The molecule has 2 rings (SSSR count). The Labute approximate surface area is 140 Å². The molecular weight excluding hydrogens is 316 g/mol. The molecular formula is C18H23F2NO3. The van der Waals surface area contributed by atoms with Gasteiger partial charge in [-0.25, -0.2) is 8.78 Å². The molecule has 1 aliphatic heterocycles. The first-order valence-electron chi connectivity index (χ1n) is 8.26. The molecule has 4 nitrogen and oxygen atoms in total. The average Bonchev–Trinajstić information content (AvgIpc) is 2.50. The van der Waals surface area contributed by atoms with Crippen molar-refractivity contribution in [2.24, 2.45) is 5.92 Å². The second-order valence-corrected chi connectivity index (χ2v) is 6.52. The second kappa shape index (κ2) is 8.22. The van der Waals surface area contributed by atoms with E-state index in [1.807, 2.05) is 0 Å². The summed E-state index contributed by atoms with van der Waals surface area (Å²) in [6.07, 6.45) is 1.88. The molecule has 0 spiro atoms. The predicted molar refractivity (Wildman–Crippen MR) is 85.2 cm³/mol. The SMILES string of the molecule is CC(C)OC(=O)CC1CCCN(C(=O)Cc2ccc(F)c(F)c2)C1.